The Hall–Kier alpha value is -2.29. The van der Waals surface area contributed by atoms with Crippen LogP contribution in [0.3, 0.4) is 0 Å². The third kappa shape index (κ3) is 3.18. The van der Waals surface area contributed by atoms with E-state index in [-0.39, 0.29) is 6.10 Å². The molecule has 1 atom stereocenters. The summed E-state index contributed by atoms with van der Waals surface area (Å²) < 4.78 is 5.88. The topological polar surface area (TPSA) is 29.5 Å². The lowest BCUT2D eigenvalue weighted by atomic mass is 10.1. The van der Waals surface area contributed by atoms with Crippen LogP contribution >= 0.6 is 0 Å². The van der Waals surface area contributed by atoms with Crippen LogP contribution in [0.4, 0.5) is 5.69 Å². The van der Waals surface area contributed by atoms with Crippen LogP contribution in [0.2, 0.25) is 0 Å². The van der Waals surface area contributed by atoms with E-state index in [4.69, 9.17) is 4.74 Å². The van der Waals surface area contributed by atoms with Crippen molar-refractivity contribution in [1.82, 2.24) is 0 Å². The molecule has 0 bridgehead atoms. The number of aldehydes is 1. The van der Waals surface area contributed by atoms with Gasteiger partial charge in [0.2, 0.25) is 0 Å². The predicted molar refractivity (Wildman–Crippen MR) is 81.6 cm³/mol. The van der Waals surface area contributed by atoms with E-state index in [9.17, 15) is 4.79 Å². The van der Waals surface area contributed by atoms with E-state index in [0.29, 0.717) is 11.3 Å². The Balaban J connectivity index is 2.15. The quantitative estimate of drug-likeness (QED) is 0.775. The first-order valence-electron chi connectivity index (χ1n) is 6.60. The first-order chi connectivity index (χ1) is 9.61. The van der Waals surface area contributed by atoms with Crippen LogP contribution in [0.5, 0.6) is 5.75 Å². The van der Waals surface area contributed by atoms with E-state index in [1.54, 1.807) is 6.07 Å². The van der Waals surface area contributed by atoms with Crippen molar-refractivity contribution < 1.29 is 9.53 Å². The highest BCUT2D eigenvalue weighted by molar-refractivity contribution is 5.79. The molecule has 2 aromatic rings. The van der Waals surface area contributed by atoms with E-state index in [2.05, 4.69) is 17.0 Å². The SMILES string of the molecule is CC(Oc1ccccc1C=O)c1ccc(N(C)C)cc1. The summed E-state index contributed by atoms with van der Waals surface area (Å²) in [6.07, 6.45) is 0.712. The van der Waals surface area contributed by atoms with Gasteiger partial charge in [-0.1, -0.05) is 24.3 Å². The van der Waals surface area contributed by atoms with Gasteiger partial charge in [-0.3, -0.25) is 4.79 Å². The number of carbonyl (C=O) groups is 1. The van der Waals surface area contributed by atoms with Gasteiger partial charge in [0.15, 0.2) is 6.29 Å². The zero-order valence-corrected chi connectivity index (χ0v) is 12.0. The zero-order chi connectivity index (χ0) is 14.5. The highest BCUT2D eigenvalue weighted by atomic mass is 16.5. The van der Waals surface area contributed by atoms with Gasteiger partial charge in [-0.05, 0) is 36.8 Å². The molecule has 2 rings (SSSR count). The van der Waals surface area contributed by atoms with Crippen LogP contribution in [0, 0.1) is 0 Å². The number of benzene rings is 2. The normalized spacial score (nSPS) is 11.8. The van der Waals surface area contributed by atoms with Crippen LogP contribution in [0.15, 0.2) is 48.5 Å². The number of anilines is 1. The van der Waals surface area contributed by atoms with Crippen molar-refractivity contribution in [3.05, 3.63) is 59.7 Å². The highest BCUT2D eigenvalue weighted by Gasteiger charge is 2.10. The molecule has 20 heavy (non-hydrogen) atoms. The molecule has 3 heteroatoms. The Morgan fingerprint density at radius 3 is 2.30 bits per heavy atom. The van der Waals surface area contributed by atoms with Gasteiger partial charge in [0.05, 0.1) is 5.56 Å². The minimum Gasteiger partial charge on any atom is -0.485 e. The number of para-hydroxylation sites is 1. The second kappa shape index (κ2) is 6.24. The molecule has 0 heterocycles. The third-order valence-corrected chi connectivity index (χ3v) is 3.23. The van der Waals surface area contributed by atoms with Crippen molar-refractivity contribution in [3.8, 4) is 5.75 Å². The second-order valence-electron chi connectivity index (χ2n) is 4.90. The molecular weight excluding hydrogens is 250 g/mol. The van der Waals surface area contributed by atoms with Gasteiger partial charge >= 0.3 is 0 Å². The molecule has 0 aliphatic carbocycles. The van der Waals surface area contributed by atoms with Crippen LogP contribution < -0.4 is 9.64 Å². The number of ether oxygens (including phenoxy) is 1. The molecule has 0 aliphatic rings. The maximum Gasteiger partial charge on any atom is 0.153 e. The number of rotatable bonds is 5. The summed E-state index contributed by atoms with van der Waals surface area (Å²) in [4.78, 5) is 13.0. The van der Waals surface area contributed by atoms with Gasteiger partial charge in [-0.15, -0.1) is 0 Å². The molecule has 0 amide bonds. The Morgan fingerprint density at radius 2 is 1.70 bits per heavy atom. The summed E-state index contributed by atoms with van der Waals surface area (Å²) in [5.74, 6) is 0.617. The summed E-state index contributed by atoms with van der Waals surface area (Å²) in [5, 5.41) is 0. The first kappa shape index (κ1) is 14.1. The highest BCUT2D eigenvalue weighted by Crippen LogP contribution is 2.25. The Labute approximate surface area is 119 Å². The van der Waals surface area contributed by atoms with Gasteiger partial charge < -0.3 is 9.64 Å². The van der Waals surface area contributed by atoms with Crippen molar-refractivity contribution in [2.75, 3.05) is 19.0 Å². The summed E-state index contributed by atoms with van der Waals surface area (Å²) in [7, 11) is 4.02. The standard InChI is InChI=1S/C17H19NO2/c1-13(14-8-10-16(11-9-14)18(2)3)20-17-7-5-4-6-15(17)12-19/h4-13H,1-3H3. The van der Waals surface area contributed by atoms with Gasteiger partial charge in [0.25, 0.3) is 0 Å². The van der Waals surface area contributed by atoms with Crippen molar-refractivity contribution >= 4 is 12.0 Å². The number of carbonyl (C=O) groups excluding carboxylic acids is 1. The maximum absolute atomic E-state index is 11.0. The van der Waals surface area contributed by atoms with Gasteiger partial charge in [-0.2, -0.15) is 0 Å². The van der Waals surface area contributed by atoms with Crippen molar-refractivity contribution in [2.45, 2.75) is 13.0 Å². The lowest BCUT2D eigenvalue weighted by molar-refractivity contribution is 0.111. The molecule has 104 valence electrons. The second-order valence-corrected chi connectivity index (χ2v) is 4.90. The average molecular weight is 269 g/mol. The lowest BCUT2D eigenvalue weighted by Gasteiger charge is -2.18. The largest absolute Gasteiger partial charge is 0.485 e. The van der Waals surface area contributed by atoms with E-state index >= 15 is 0 Å². The number of hydrogen-bond acceptors (Lipinski definition) is 3. The average Bonchev–Trinajstić information content (AvgIpc) is 2.48. The lowest BCUT2D eigenvalue weighted by Crippen LogP contribution is -2.09. The molecule has 0 radical (unpaired) electrons. The molecule has 0 N–H and O–H groups in total. The molecule has 0 fully saturated rings. The summed E-state index contributed by atoms with van der Waals surface area (Å²) in [6, 6.07) is 15.5. The molecule has 1 unspecified atom stereocenters. The third-order valence-electron chi connectivity index (χ3n) is 3.23. The monoisotopic (exact) mass is 269 g/mol. The van der Waals surface area contributed by atoms with Crippen LogP contribution in [0.1, 0.15) is 28.9 Å². The molecule has 3 nitrogen and oxygen atoms in total. The fourth-order valence-corrected chi connectivity index (χ4v) is 1.99. The van der Waals surface area contributed by atoms with E-state index in [1.807, 2.05) is 51.4 Å². The van der Waals surface area contributed by atoms with Gasteiger partial charge in [0, 0.05) is 19.8 Å². The van der Waals surface area contributed by atoms with Crippen molar-refractivity contribution in [2.24, 2.45) is 0 Å². The Morgan fingerprint density at radius 1 is 1.05 bits per heavy atom. The van der Waals surface area contributed by atoms with Gasteiger partial charge in [-0.25, -0.2) is 0 Å². The van der Waals surface area contributed by atoms with E-state index in [0.717, 1.165) is 17.5 Å². The predicted octanol–water partition coefficient (Wildman–Crippen LogP) is 3.71. The molecule has 0 aliphatic heterocycles. The molecule has 0 saturated heterocycles. The summed E-state index contributed by atoms with van der Waals surface area (Å²) in [5.41, 5.74) is 2.80. The fourth-order valence-electron chi connectivity index (χ4n) is 1.99. The molecule has 0 spiro atoms. The fraction of sp³-hybridized carbons (Fsp3) is 0.235. The zero-order valence-electron chi connectivity index (χ0n) is 12.0. The maximum atomic E-state index is 11.0. The van der Waals surface area contributed by atoms with E-state index in [1.165, 1.54) is 0 Å². The number of nitrogens with zero attached hydrogens (tertiary/aromatic N) is 1. The number of hydrogen-bond donors (Lipinski definition) is 0. The molecular formula is C17H19NO2. The molecule has 0 aromatic heterocycles. The summed E-state index contributed by atoms with van der Waals surface area (Å²) in [6.45, 7) is 1.98. The Bertz CT molecular complexity index is 576. The minimum atomic E-state index is -0.104. The molecule has 0 saturated carbocycles. The van der Waals surface area contributed by atoms with Gasteiger partial charge in [0.1, 0.15) is 11.9 Å². The summed E-state index contributed by atoms with van der Waals surface area (Å²) >= 11 is 0. The van der Waals surface area contributed by atoms with Crippen LogP contribution in [0.25, 0.3) is 0 Å². The smallest absolute Gasteiger partial charge is 0.153 e. The van der Waals surface area contributed by atoms with Crippen LogP contribution in [-0.2, 0) is 0 Å². The van der Waals surface area contributed by atoms with Crippen LogP contribution in [-0.4, -0.2) is 20.4 Å². The van der Waals surface area contributed by atoms with Crippen molar-refractivity contribution in [1.29, 1.82) is 0 Å². The Kier molecular flexibility index (Phi) is 4.41. The molecule has 2 aromatic carbocycles. The minimum absolute atomic E-state index is 0.104. The first-order valence-corrected chi connectivity index (χ1v) is 6.60. The van der Waals surface area contributed by atoms with Crippen molar-refractivity contribution in [3.63, 3.8) is 0 Å². The van der Waals surface area contributed by atoms with E-state index < -0.39 is 0 Å².